The van der Waals surface area contributed by atoms with Crippen molar-refractivity contribution in [1.82, 2.24) is 9.97 Å². The molecule has 1 fully saturated rings. The number of carbonyl (C=O) groups excluding carboxylic acids is 1. The van der Waals surface area contributed by atoms with Crippen LogP contribution in [0.2, 0.25) is 0 Å². The van der Waals surface area contributed by atoms with E-state index in [0.29, 0.717) is 17.5 Å². The normalized spacial score (nSPS) is 19.6. The topological polar surface area (TPSA) is 84.1 Å². The molecule has 0 radical (unpaired) electrons. The van der Waals surface area contributed by atoms with Crippen LogP contribution >= 0.6 is 0 Å². The summed E-state index contributed by atoms with van der Waals surface area (Å²) < 4.78 is 0. The van der Waals surface area contributed by atoms with Crippen molar-refractivity contribution < 1.29 is 4.79 Å². The van der Waals surface area contributed by atoms with Crippen molar-refractivity contribution in [2.45, 2.75) is 51.5 Å². The Labute approximate surface area is 161 Å². The van der Waals surface area contributed by atoms with Gasteiger partial charge in [-0.15, -0.1) is 0 Å². The van der Waals surface area contributed by atoms with E-state index in [4.69, 9.17) is 5.73 Å². The Morgan fingerprint density at radius 3 is 2.44 bits per heavy atom. The Morgan fingerprint density at radius 2 is 1.81 bits per heavy atom. The van der Waals surface area contributed by atoms with Gasteiger partial charge in [-0.25, -0.2) is 4.98 Å². The van der Waals surface area contributed by atoms with Crippen molar-refractivity contribution in [2.24, 2.45) is 5.73 Å². The van der Waals surface area contributed by atoms with Gasteiger partial charge in [-0.3, -0.25) is 4.79 Å². The molecule has 1 heterocycles. The molecule has 6 heteroatoms. The van der Waals surface area contributed by atoms with Gasteiger partial charge in [0.1, 0.15) is 5.82 Å². The lowest BCUT2D eigenvalue weighted by Crippen LogP contribution is -2.27. The Morgan fingerprint density at radius 1 is 1.11 bits per heavy atom. The molecule has 3 N–H and O–H groups in total. The molecular formula is C21H29N5O. The summed E-state index contributed by atoms with van der Waals surface area (Å²) >= 11 is 0. The van der Waals surface area contributed by atoms with E-state index in [1.54, 1.807) is 0 Å². The number of nitrogens with zero attached hydrogens (tertiary/aromatic N) is 3. The molecule has 0 atom stereocenters. The third-order valence-electron chi connectivity index (χ3n) is 5.23. The van der Waals surface area contributed by atoms with E-state index < -0.39 is 0 Å². The lowest BCUT2D eigenvalue weighted by atomic mass is 9.79. The summed E-state index contributed by atoms with van der Waals surface area (Å²) in [6.07, 6.45) is 4.15. The van der Waals surface area contributed by atoms with Crippen molar-refractivity contribution in [3.63, 3.8) is 0 Å². The maximum absolute atomic E-state index is 11.8. The van der Waals surface area contributed by atoms with Crippen LogP contribution in [0.4, 0.5) is 11.8 Å². The monoisotopic (exact) mass is 367 g/mol. The molecule has 1 aromatic carbocycles. The van der Waals surface area contributed by atoms with Crippen LogP contribution in [-0.2, 0) is 0 Å². The molecule has 1 amide bonds. The maximum atomic E-state index is 11.8. The fraction of sp³-hybridized carbons (Fsp3) is 0.476. The molecule has 6 nitrogen and oxygen atoms in total. The van der Waals surface area contributed by atoms with Crippen molar-refractivity contribution in [3.8, 4) is 0 Å². The SMILES string of the molecule is Cc1ccc(C(N)=O)c(C2CCC(Nc3cc(C)nc(N(C)C)n3)CC2)c1. The van der Waals surface area contributed by atoms with E-state index in [1.165, 1.54) is 5.56 Å². The van der Waals surface area contributed by atoms with Gasteiger partial charge in [-0.1, -0.05) is 17.7 Å². The van der Waals surface area contributed by atoms with Gasteiger partial charge in [0.15, 0.2) is 0 Å². The van der Waals surface area contributed by atoms with Crippen LogP contribution in [0.3, 0.4) is 0 Å². The molecule has 2 aromatic rings. The Bertz CT molecular complexity index is 825. The van der Waals surface area contributed by atoms with Crippen molar-refractivity contribution >= 4 is 17.7 Å². The number of nitrogens with one attached hydrogen (secondary N) is 1. The standard InChI is InChI=1S/C21H29N5O/c1-13-5-10-17(20(22)27)18(11-13)15-6-8-16(9-7-15)24-19-12-14(2)23-21(25-19)26(3)4/h5,10-12,15-16H,6-9H2,1-4H3,(H2,22,27)(H,23,24,25). The van der Waals surface area contributed by atoms with Crippen LogP contribution in [0.25, 0.3) is 0 Å². The summed E-state index contributed by atoms with van der Waals surface area (Å²) in [6, 6.07) is 8.31. The highest BCUT2D eigenvalue weighted by Crippen LogP contribution is 2.36. The van der Waals surface area contributed by atoms with Gasteiger partial charge in [0.25, 0.3) is 0 Å². The average Bonchev–Trinajstić information content (AvgIpc) is 2.61. The number of aromatic nitrogens is 2. The number of hydrogen-bond acceptors (Lipinski definition) is 5. The predicted molar refractivity (Wildman–Crippen MR) is 109 cm³/mol. The lowest BCUT2D eigenvalue weighted by Gasteiger charge is -2.31. The highest BCUT2D eigenvalue weighted by atomic mass is 16.1. The summed E-state index contributed by atoms with van der Waals surface area (Å²) in [4.78, 5) is 22.7. The largest absolute Gasteiger partial charge is 0.367 e. The Balaban J connectivity index is 1.68. The average molecular weight is 367 g/mol. The second-order valence-corrected chi connectivity index (χ2v) is 7.74. The number of nitrogens with two attached hydrogens (primary N) is 1. The van der Waals surface area contributed by atoms with E-state index in [-0.39, 0.29) is 5.91 Å². The molecule has 1 saturated carbocycles. The fourth-order valence-electron chi connectivity index (χ4n) is 3.83. The number of rotatable bonds is 5. The van der Waals surface area contributed by atoms with Crippen LogP contribution in [-0.4, -0.2) is 36.0 Å². The van der Waals surface area contributed by atoms with Crippen LogP contribution < -0.4 is 16.0 Å². The molecule has 0 saturated heterocycles. The first-order valence-corrected chi connectivity index (χ1v) is 9.53. The fourth-order valence-corrected chi connectivity index (χ4v) is 3.83. The summed E-state index contributed by atoms with van der Waals surface area (Å²) in [5.41, 5.74) is 9.48. The minimum atomic E-state index is -0.335. The first-order chi connectivity index (χ1) is 12.8. The van der Waals surface area contributed by atoms with Gasteiger partial charge < -0.3 is 16.0 Å². The summed E-state index contributed by atoms with van der Waals surface area (Å²) in [5.74, 6) is 1.65. The second-order valence-electron chi connectivity index (χ2n) is 7.74. The zero-order valence-corrected chi connectivity index (χ0v) is 16.6. The minimum absolute atomic E-state index is 0.335. The highest BCUT2D eigenvalue weighted by molar-refractivity contribution is 5.94. The second kappa shape index (κ2) is 7.94. The molecule has 0 aliphatic heterocycles. The summed E-state index contributed by atoms with van der Waals surface area (Å²) in [7, 11) is 3.89. The van der Waals surface area contributed by atoms with E-state index in [0.717, 1.165) is 48.7 Å². The van der Waals surface area contributed by atoms with Crippen LogP contribution in [0.15, 0.2) is 24.3 Å². The first-order valence-electron chi connectivity index (χ1n) is 9.53. The molecule has 144 valence electrons. The van der Waals surface area contributed by atoms with Gasteiger partial charge in [0.2, 0.25) is 11.9 Å². The molecule has 0 spiro atoms. The molecule has 1 aromatic heterocycles. The molecule has 0 bridgehead atoms. The molecule has 1 aliphatic rings. The Kier molecular flexibility index (Phi) is 5.63. The van der Waals surface area contributed by atoms with E-state index in [2.05, 4.69) is 28.3 Å². The number of benzene rings is 1. The van der Waals surface area contributed by atoms with Crippen molar-refractivity contribution in [2.75, 3.05) is 24.3 Å². The molecule has 0 unspecified atom stereocenters. The van der Waals surface area contributed by atoms with Crippen molar-refractivity contribution in [3.05, 3.63) is 46.6 Å². The maximum Gasteiger partial charge on any atom is 0.248 e. The quantitative estimate of drug-likeness (QED) is 0.846. The molecule has 27 heavy (non-hydrogen) atoms. The smallest absolute Gasteiger partial charge is 0.248 e. The number of carbonyl (C=O) groups is 1. The van der Waals surface area contributed by atoms with Gasteiger partial charge in [-0.05, 0) is 57.1 Å². The van der Waals surface area contributed by atoms with Gasteiger partial charge in [0.05, 0.1) is 0 Å². The zero-order chi connectivity index (χ0) is 19.6. The number of primary amides is 1. The summed E-state index contributed by atoms with van der Waals surface area (Å²) in [6.45, 7) is 4.04. The molecular weight excluding hydrogens is 338 g/mol. The van der Waals surface area contributed by atoms with Crippen LogP contribution in [0, 0.1) is 13.8 Å². The summed E-state index contributed by atoms with van der Waals surface area (Å²) in [5, 5.41) is 3.57. The third kappa shape index (κ3) is 4.56. The van der Waals surface area contributed by atoms with Gasteiger partial charge in [0, 0.05) is 37.5 Å². The van der Waals surface area contributed by atoms with Gasteiger partial charge >= 0.3 is 0 Å². The van der Waals surface area contributed by atoms with Crippen molar-refractivity contribution in [1.29, 1.82) is 0 Å². The molecule has 1 aliphatic carbocycles. The van der Waals surface area contributed by atoms with E-state index in [9.17, 15) is 4.79 Å². The number of hydrogen-bond donors (Lipinski definition) is 2. The molecule has 3 rings (SSSR count). The number of aryl methyl sites for hydroxylation is 2. The highest BCUT2D eigenvalue weighted by Gasteiger charge is 2.25. The van der Waals surface area contributed by atoms with Crippen LogP contribution in [0.1, 0.15) is 58.8 Å². The van der Waals surface area contributed by atoms with Gasteiger partial charge in [-0.2, -0.15) is 4.98 Å². The van der Waals surface area contributed by atoms with E-state index >= 15 is 0 Å². The number of anilines is 2. The lowest BCUT2D eigenvalue weighted by molar-refractivity contribution is 0.0998. The first kappa shape index (κ1) is 19.1. The van der Waals surface area contributed by atoms with Crippen LogP contribution in [0.5, 0.6) is 0 Å². The number of amides is 1. The third-order valence-corrected chi connectivity index (χ3v) is 5.23. The minimum Gasteiger partial charge on any atom is -0.367 e. The Hall–Kier alpha value is -2.63. The zero-order valence-electron chi connectivity index (χ0n) is 16.6. The predicted octanol–water partition coefficient (Wildman–Crippen LogP) is 3.40. The van der Waals surface area contributed by atoms with E-state index in [1.807, 2.05) is 44.1 Å².